The van der Waals surface area contributed by atoms with Gasteiger partial charge in [-0.05, 0) is 48.4 Å². The van der Waals surface area contributed by atoms with E-state index < -0.39 is 0 Å². The molecule has 0 saturated carbocycles. The molecular formula is C24H30N3O2S+. The summed E-state index contributed by atoms with van der Waals surface area (Å²) in [7, 11) is 1.70. The SMILES string of the molecule is COc1ccc(-c2csc(=Nc3ccccc3C)n2CCC[NH+]2CCOCC2)cc1. The van der Waals surface area contributed by atoms with Crippen molar-refractivity contribution in [1.82, 2.24) is 4.57 Å². The Morgan fingerprint density at radius 1 is 1.10 bits per heavy atom. The second-order valence-corrected chi connectivity index (χ2v) is 8.48. The fourth-order valence-corrected chi connectivity index (χ4v) is 4.76. The monoisotopic (exact) mass is 424 g/mol. The van der Waals surface area contributed by atoms with Crippen LogP contribution in [-0.4, -0.2) is 44.5 Å². The lowest BCUT2D eigenvalue weighted by atomic mass is 10.1. The van der Waals surface area contributed by atoms with E-state index in [2.05, 4.69) is 53.3 Å². The Morgan fingerprint density at radius 2 is 1.87 bits per heavy atom. The number of quaternary nitrogens is 1. The van der Waals surface area contributed by atoms with Crippen molar-refractivity contribution in [2.24, 2.45) is 4.99 Å². The molecule has 1 fully saturated rings. The van der Waals surface area contributed by atoms with Crippen LogP contribution in [-0.2, 0) is 11.3 Å². The average Bonchev–Trinajstić information content (AvgIpc) is 3.18. The van der Waals surface area contributed by atoms with Gasteiger partial charge in [-0.3, -0.25) is 0 Å². The van der Waals surface area contributed by atoms with E-state index in [1.54, 1.807) is 23.3 Å². The van der Waals surface area contributed by atoms with Crippen molar-refractivity contribution in [3.8, 4) is 17.0 Å². The lowest BCUT2D eigenvalue weighted by Gasteiger charge is -2.23. The Hall–Kier alpha value is -2.41. The van der Waals surface area contributed by atoms with E-state index in [9.17, 15) is 0 Å². The minimum Gasteiger partial charge on any atom is -0.497 e. The van der Waals surface area contributed by atoms with E-state index in [-0.39, 0.29) is 0 Å². The van der Waals surface area contributed by atoms with Crippen molar-refractivity contribution in [3.63, 3.8) is 0 Å². The van der Waals surface area contributed by atoms with Crippen molar-refractivity contribution >= 4 is 17.0 Å². The standard InChI is InChI=1S/C24H29N3O2S/c1-19-6-3-4-7-22(19)25-24-27(13-5-12-26-14-16-29-17-15-26)23(18-30-24)20-8-10-21(28-2)11-9-20/h3-4,6-11,18H,5,12-17H2,1-2H3/p+1. The highest BCUT2D eigenvalue weighted by atomic mass is 32.1. The lowest BCUT2D eigenvalue weighted by molar-refractivity contribution is -0.908. The molecule has 30 heavy (non-hydrogen) atoms. The largest absolute Gasteiger partial charge is 0.497 e. The molecule has 1 N–H and O–H groups in total. The molecule has 2 aromatic carbocycles. The zero-order chi connectivity index (χ0) is 20.8. The number of nitrogens with zero attached hydrogens (tertiary/aromatic N) is 2. The highest BCUT2D eigenvalue weighted by molar-refractivity contribution is 7.07. The van der Waals surface area contributed by atoms with Crippen LogP contribution in [0.2, 0.25) is 0 Å². The number of rotatable bonds is 7. The molecular weight excluding hydrogens is 394 g/mol. The Labute approximate surface area is 182 Å². The summed E-state index contributed by atoms with van der Waals surface area (Å²) >= 11 is 1.71. The van der Waals surface area contributed by atoms with Gasteiger partial charge in [0.2, 0.25) is 0 Å². The highest BCUT2D eigenvalue weighted by Gasteiger charge is 2.14. The first kappa shape index (κ1) is 20.8. The van der Waals surface area contributed by atoms with Crippen LogP contribution in [0.4, 0.5) is 5.69 Å². The maximum Gasteiger partial charge on any atom is 0.190 e. The molecule has 0 amide bonds. The Kier molecular flexibility index (Phi) is 7.00. The third-order valence-electron chi connectivity index (χ3n) is 5.63. The number of aromatic nitrogens is 1. The fraction of sp³-hybridized carbons (Fsp3) is 0.375. The second-order valence-electron chi connectivity index (χ2n) is 7.65. The minimum absolute atomic E-state index is 0.876. The molecule has 0 atom stereocenters. The van der Waals surface area contributed by atoms with Crippen molar-refractivity contribution in [2.45, 2.75) is 19.9 Å². The summed E-state index contributed by atoms with van der Waals surface area (Å²) in [6.45, 7) is 8.22. The molecule has 0 bridgehead atoms. The molecule has 6 heteroatoms. The lowest BCUT2D eigenvalue weighted by Crippen LogP contribution is -3.14. The summed E-state index contributed by atoms with van der Waals surface area (Å²) in [6, 6.07) is 16.6. The van der Waals surface area contributed by atoms with Crippen LogP contribution < -0.4 is 14.4 Å². The molecule has 1 saturated heterocycles. The zero-order valence-corrected chi connectivity index (χ0v) is 18.6. The summed E-state index contributed by atoms with van der Waals surface area (Å²) < 4.78 is 13.2. The van der Waals surface area contributed by atoms with Crippen LogP contribution in [0.5, 0.6) is 5.75 Å². The number of hydrogen-bond donors (Lipinski definition) is 1. The van der Waals surface area contributed by atoms with Gasteiger partial charge in [0.05, 0.1) is 38.2 Å². The van der Waals surface area contributed by atoms with Gasteiger partial charge in [-0.2, -0.15) is 0 Å². The van der Waals surface area contributed by atoms with Gasteiger partial charge in [0, 0.05) is 18.3 Å². The van der Waals surface area contributed by atoms with E-state index in [1.807, 2.05) is 12.1 Å². The summed E-state index contributed by atoms with van der Waals surface area (Å²) in [4.78, 5) is 7.70. The van der Waals surface area contributed by atoms with Gasteiger partial charge < -0.3 is 18.9 Å². The smallest absolute Gasteiger partial charge is 0.190 e. The van der Waals surface area contributed by atoms with Gasteiger partial charge in [0.15, 0.2) is 4.80 Å². The zero-order valence-electron chi connectivity index (χ0n) is 17.8. The second kappa shape index (κ2) is 10.1. The maximum atomic E-state index is 5.49. The first-order chi connectivity index (χ1) is 14.7. The number of thiazole rings is 1. The summed E-state index contributed by atoms with van der Waals surface area (Å²) in [5.74, 6) is 0.876. The molecule has 158 valence electrons. The molecule has 2 heterocycles. The molecule has 0 unspecified atom stereocenters. The van der Waals surface area contributed by atoms with E-state index in [4.69, 9.17) is 14.5 Å². The first-order valence-electron chi connectivity index (χ1n) is 10.6. The van der Waals surface area contributed by atoms with Gasteiger partial charge in [-0.1, -0.05) is 18.2 Å². The van der Waals surface area contributed by atoms with Crippen molar-refractivity contribution < 1.29 is 14.4 Å². The maximum absolute atomic E-state index is 5.49. The normalized spacial score (nSPS) is 15.5. The van der Waals surface area contributed by atoms with Crippen LogP contribution in [0.15, 0.2) is 58.9 Å². The number of hydrogen-bond acceptors (Lipinski definition) is 4. The van der Waals surface area contributed by atoms with E-state index in [0.29, 0.717) is 0 Å². The third kappa shape index (κ3) is 5.01. The number of benzene rings is 2. The van der Waals surface area contributed by atoms with Crippen molar-refractivity contribution in [2.75, 3.05) is 40.0 Å². The van der Waals surface area contributed by atoms with Gasteiger partial charge >= 0.3 is 0 Å². The predicted molar refractivity (Wildman–Crippen MR) is 122 cm³/mol. The first-order valence-corrected chi connectivity index (χ1v) is 11.5. The number of aryl methyl sites for hydroxylation is 1. The average molecular weight is 425 g/mol. The molecule has 0 aliphatic carbocycles. The van der Waals surface area contributed by atoms with Gasteiger partial charge in [-0.25, -0.2) is 4.99 Å². The summed E-state index contributed by atoms with van der Waals surface area (Å²) in [5.41, 5.74) is 4.64. The molecule has 5 nitrogen and oxygen atoms in total. The van der Waals surface area contributed by atoms with E-state index in [1.165, 1.54) is 16.8 Å². The number of nitrogens with one attached hydrogen (secondary N) is 1. The topological polar surface area (TPSA) is 40.2 Å². The quantitative estimate of drug-likeness (QED) is 0.633. The molecule has 1 aliphatic heterocycles. The van der Waals surface area contributed by atoms with Crippen LogP contribution in [0, 0.1) is 6.92 Å². The molecule has 1 aromatic heterocycles. The van der Waals surface area contributed by atoms with Gasteiger partial charge in [-0.15, -0.1) is 11.3 Å². The molecule has 1 aliphatic rings. The minimum atomic E-state index is 0.876. The number of ether oxygens (including phenoxy) is 2. The van der Waals surface area contributed by atoms with Crippen LogP contribution in [0.3, 0.4) is 0 Å². The number of para-hydroxylation sites is 1. The van der Waals surface area contributed by atoms with E-state index >= 15 is 0 Å². The molecule has 0 radical (unpaired) electrons. The highest BCUT2D eigenvalue weighted by Crippen LogP contribution is 2.24. The van der Waals surface area contributed by atoms with Crippen LogP contribution in [0.1, 0.15) is 12.0 Å². The van der Waals surface area contributed by atoms with Gasteiger partial charge in [0.1, 0.15) is 18.8 Å². The Balaban J connectivity index is 1.63. The van der Waals surface area contributed by atoms with Crippen molar-refractivity contribution in [1.29, 1.82) is 0 Å². The molecule has 3 aromatic rings. The predicted octanol–water partition coefficient (Wildman–Crippen LogP) is 3.07. The summed E-state index contributed by atoms with van der Waals surface area (Å²) in [5, 5.41) is 2.22. The van der Waals surface area contributed by atoms with Crippen LogP contribution >= 0.6 is 11.3 Å². The van der Waals surface area contributed by atoms with E-state index in [0.717, 1.165) is 62.1 Å². The third-order valence-corrected chi connectivity index (χ3v) is 6.49. The summed E-state index contributed by atoms with van der Waals surface area (Å²) in [6.07, 6.45) is 1.12. The molecule has 0 spiro atoms. The Bertz CT molecular complexity index is 1020. The Morgan fingerprint density at radius 3 is 2.60 bits per heavy atom. The van der Waals surface area contributed by atoms with Crippen LogP contribution in [0.25, 0.3) is 11.3 Å². The number of morpholine rings is 1. The molecule has 4 rings (SSSR count). The fourth-order valence-electron chi connectivity index (χ4n) is 3.82. The van der Waals surface area contributed by atoms with Crippen molar-refractivity contribution in [3.05, 3.63) is 64.3 Å². The van der Waals surface area contributed by atoms with Gasteiger partial charge in [0.25, 0.3) is 0 Å². The number of methoxy groups -OCH3 is 1.